The molecule has 0 amide bonds. The molecule has 2 heterocycles. The van der Waals surface area contributed by atoms with E-state index in [0.29, 0.717) is 6.04 Å². The van der Waals surface area contributed by atoms with Crippen molar-refractivity contribution in [3.8, 4) is 11.3 Å². The van der Waals surface area contributed by atoms with Gasteiger partial charge in [-0.2, -0.15) is 0 Å². The first-order valence-electron chi connectivity index (χ1n) is 6.46. The molecule has 3 rings (SSSR count). The highest BCUT2D eigenvalue weighted by molar-refractivity contribution is 9.10. The summed E-state index contributed by atoms with van der Waals surface area (Å²) >= 11 is 3.43. The summed E-state index contributed by atoms with van der Waals surface area (Å²) in [6.07, 6.45) is 4.20. The Morgan fingerprint density at radius 1 is 1.42 bits per heavy atom. The number of aromatic nitrogens is 2. The molecule has 19 heavy (non-hydrogen) atoms. The normalized spacial score (nSPS) is 18.9. The van der Waals surface area contributed by atoms with Gasteiger partial charge in [-0.15, -0.1) is 0 Å². The summed E-state index contributed by atoms with van der Waals surface area (Å²) < 4.78 is 0.927. The second-order valence-corrected chi connectivity index (χ2v) is 5.65. The quantitative estimate of drug-likeness (QED) is 0.814. The molecule has 1 saturated heterocycles. The number of halogens is 1. The summed E-state index contributed by atoms with van der Waals surface area (Å²) in [5, 5.41) is 12.7. The number of hydrogen-bond acceptors (Lipinski definition) is 3. The second-order valence-electron chi connectivity index (χ2n) is 4.80. The Bertz CT molecular complexity index is 576. The van der Waals surface area contributed by atoms with Gasteiger partial charge in [-0.05, 0) is 42.6 Å². The van der Waals surface area contributed by atoms with Gasteiger partial charge in [0.15, 0.2) is 0 Å². The van der Waals surface area contributed by atoms with E-state index in [2.05, 4.69) is 31.2 Å². The number of aliphatic hydroxyl groups is 1. The molecule has 0 spiro atoms. The van der Waals surface area contributed by atoms with Crippen molar-refractivity contribution in [3.05, 3.63) is 40.3 Å². The second kappa shape index (κ2) is 5.45. The highest BCUT2D eigenvalue weighted by Gasteiger charge is 2.19. The fourth-order valence-corrected chi connectivity index (χ4v) is 2.81. The zero-order chi connectivity index (χ0) is 13.2. The number of benzene rings is 1. The number of aliphatic hydroxyl groups excluding tert-OH is 1. The third-order valence-corrected chi connectivity index (χ3v) is 4.29. The predicted molar refractivity (Wildman–Crippen MR) is 77.6 cm³/mol. The summed E-state index contributed by atoms with van der Waals surface area (Å²) in [7, 11) is 0. The fraction of sp³-hybridized carbons (Fsp3) is 0.357. The van der Waals surface area contributed by atoms with E-state index in [1.165, 1.54) is 6.42 Å². The molecule has 0 saturated carbocycles. The lowest BCUT2D eigenvalue weighted by molar-refractivity contribution is 0.281. The van der Waals surface area contributed by atoms with Crippen molar-refractivity contribution in [2.45, 2.75) is 25.5 Å². The minimum Gasteiger partial charge on any atom is -0.392 e. The lowest BCUT2D eigenvalue weighted by Gasteiger charge is -2.06. The number of nitrogens with one attached hydrogen (secondary N) is 2. The molecule has 2 aromatic rings. The average molecular weight is 322 g/mol. The van der Waals surface area contributed by atoms with Crippen LogP contribution in [0.15, 0.2) is 28.9 Å². The van der Waals surface area contributed by atoms with Crippen LogP contribution in [0.25, 0.3) is 11.3 Å². The summed E-state index contributed by atoms with van der Waals surface area (Å²) in [5.74, 6) is 1.00. The smallest absolute Gasteiger partial charge is 0.123 e. The van der Waals surface area contributed by atoms with Crippen LogP contribution in [0.2, 0.25) is 0 Å². The highest BCUT2D eigenvalue weighted by atomic mass is 79.9. The SMILES string of the molecule is OCc1cc(-c2cnc(C3CCCN3)[nH]2)ccc1Br. The van der Waals surface area contributed by atoms with Crippen molar-refractivity contribution in [2.75, 3.05) is 6.54 Å². The monoisotopic (exact) mass is 321 g/mol. The number of imidazole rings is 1. The van der Waals surface area contributed by atoms with Crippen molar-refractivity contribution < 1.29 is 5.11 Å². The lowest BCUT2D eigenvalue weighted by atomic mass is 10.1. The molecule has 1 aliphatic rings. The predicted octanol–water partition coefficient (Wildman–Crippen LogP) is 2.76. The number of nitrogens with zero attached hydrogens (tertiary/aromatic N) is 1. The van der Waals surface area contributed by atoms with Crippen LogP contribution in [-0.2, 0) is 6.61 Å². The Balaban J connectivity index is 1.89. The average Bonchev–Trinajstić information content (AvgIpc) is 3.10. The van der Waals surface area contributed by atoms with Crippen LogP contribution >= 0.6 is 15.9 Å². The van der Waals surface area contributed by atoms with Gasteiger partial charge in [0.05, 0.1) is 24.5 Å². The van der Waals surface area contributed by atoms with Crippen LogP contribution in [0.5, 0.6) is 0 Å². The van der Waals surface area contributed by atoms with Gasteiger partial charge >= 0.3 is 0 Å². The minimum atomic E-state index is 0.0274. The van der Waals surface area contributed by atoms with Crippen LogP contribution < -0.4 is 5.32 Å². The van der Waals surface area contributed by atoms with Gasteiger partial charge in [0, 0.05) is 4.47 Å². The van der Waals surface area contributed by atoms with Crippen molar-refractivity contribution in [2.24, 2.45) is 0 Å². The van der Waals surface area contributed by atoms with E-state index >= 15 is 0 Å². The van der Waals surface area contributed by atoms with Gasteiger partial charge in [0.1, 0.15) is 5.82 Å². The van der Waals surface area contributed by atoms with Crippen molar-refractivity contribution in [3.63, 3.8) is 0 Å². The van der Waals surface area contributed by atoms with Crippen LogP contribution in [-0.4, -0.2) is 21.6 Å². The third kappa shape index (κ3) is 2.59. The highest BCUT2D eigenvalue weighted by Crippen LogP contribution is 2.27. The molecule has 0 bridgehead atoms. The Morgan fingerprint density at radius 3 is 3.05 bits per heavy atom. The molecule has 4 nitrogen and oxygen atoms in total. The molecule has 1 atom stereocenters. The van der Waals surface area contributed by atoms with Gasteiger partial charge in [0.2, 0.25) is 0 Å². The van der Waals surface area contributed by atoms with E-state index < -0.39 is 0 Å². The maximum atomic E-state index is 9.30. The van der Waals surface area contributed by atoms with Gasteiger partial charge in [-0.25, -0.2) is 4.98 Å². The van der Waals surface area contributed by atoms with Crippen LogP contribution in [0.1, 0.15) is 30.3 Å². The number of aromatic amines is 1. The maximum Gasteiger partial charge on any atom is 0.123 e. The molecule has 1 aromatic carbocycles. The van der Waals surface area contributed by atoms with E-state index in [1.54, 1.807) is 0 Å². The Labute approximate surface area is 120 Å². The zero-order valence-corrected chi connectivity index (χ0v) is 12.1. The fourth-order valence-electron chi connectivity index (χ4n) is 2.44. The number of H-pyrrole nitrogens is 1. The van der Waals surface area contributed by atoms with Crippen molar-refractivity contribution in [1.29, 1.82) is 0 Å². The van der Waals surface area contributed by atoms with Crippen LogP contribution in [0, 0.1) is 0 Å². The summed E-state index contributed by atoms with van der Waals surface area (Å²) in [5.41, 5.74) is 2.92. The van der Waals surface area contributed by atoms with E-state index in [1.807, 2.05) is 24.4 Å². The molecule has 1 aromatic heterocycles. The molecule has 0 radical (unpaired) electrons. The standard InChI is InChI=1S/C14H16BrN3O/c15-11-4-3-9(6-10(11)8-19)13-7-17-14(18-13)12-2-1-5-16-12/h3-4,6-7,12,16,19H,1-2,5,8H2,(H,17,18). The topological polar surface area (TPSA) is 60.9 Å². The zero-order valence-electron chi connectivity index (χ0n) is 10.5. The lowest BCUT2D eigenvalue weighted by Crippen LogP contribution is -2.14. The van der Waals surface area contributed by atoms with E-state index in [0.717, 1.165) is 40.1 Å². The Morgan fingerprint density at radius 2 is 2.32 bits per heavy atom. The largest absolute Gasteiger partial charge is 0.392 e. The summed E-state index contributed by atoms with van der Waals surface area (Å²) in [6, 6.07) is 6.29. The molecule has 3 N–H and O–H groups in total. The molecule has 5 heteroatoms. The van der Waals surface area contributed by atoms with Gasteiger partial charge in [-0.3, -0.25) is 0 Å². The molecular formula is C14H16BrN3O. The van der Waals surface area contributed by atoms with Crippen LogP contribution in [0.4, 0.5) is 0 Å². The minimum absolute atomic E-state index is 0.0274. The molecule has 100 valence electrons. The summed E-state index contributed by atoms with van der Waals surface area (Å²) in [4.78, 5) is 7.83. The molecule has 1 fully saturated rings. The van der Waals surface area contributed by atoms with Crippen molar-refractivity contribution in [1.82, 2.24) is 15.3 Å². The summed E-state index contributed by atoms with van der Waals surface area (Å²) in [6.45, 7) is 1.09. The first-order chi connectivity index (χ1) is 9.28. The molecule has 1 unspecified atom stereocenters. The Hall–Kier alpha value is -1.17. The number of hydrogen-bond donors (Lipinski definition) is 3. The number of rotatable bonds is 3. The van der Waals surface area contributed by atoms with E-state index in [-0.39, 0.29) is 6.61 Å². The van der Waals surface area contributed by atoms with E-state index in [4.69, 9.17) is 0 Å². The Kier molecular flexibility index (Phi) is 3.68. The third-order valence-electron chi connectivity index (χ3n) is 3.51. The van der Waals surface area contributed by atoms with Gasteiger partial charge in [-0.1, -0.05) is 22.0 Å². The maximum absolute atomic E-state index is 9.30. The first-order valence-corrected chi connectivity index (χ1v) is 7.25. The molecule has 1 aliphatic heterocycles. The molecule has 0 aliphatic carbocycles. The van der Waals surface area contributed by atoms with Gasteiger partial charge in [0.25, 0.3) is 0 Å². The van der Waals surface area contributed by atoms with Crippen LogP contribution in [0.3, 0.4) is 0 Å². The van der Waals surface area contributed by atoms with E-state index in [9.17, 15) is 5.11 Å². The first kappa shape index (κ1) is 12.8. The van der Waals surface area contributed by atoms with Crippen molar-refractivity contribution >= 4 is 15.9 Å². The molecular weight excluding hydrogens is 306 g/mol. The van der Waals surface area contributed by atoms with Gasteiger partial charge < -0.3 is 15.4 Å².